The van der Waals surface area contributed by atoms with Crippen LogP contribution in [0.3, 0.4) is 0 Å². The largest absolute Gasteiger partial charge is 0.466 e. The Morgan fingerprint density at radius 3 is 2.63 bits per heavy atom. The quantitative estimate of drug-likeness (QED) is 0.321. The minimum Gasteiger partial charge on any atom is -0.466 e. The Labute approximate surface area is 174 Å². The van der Waals surface area contributed by atoms with Crippen molar-refractivity contribution in [1.82, 2.24) is 5.32 Å². The highest BCUT2D eigenvalue weighted by atomic mass is 16.7. The number of dihydropyridines is 1. The molecule has 0 radical (unpaired) electrons. The van der Waals surface area contributed by atoms with Gasteiger partial charge in [-0.3, -0.25) is 9.59 Å². The highest BCUT2D eigenvalue weighted by Crippen LogP contribution is 2.58. The molecule has 1 aromatic rings. The molecule has 156 valence electrons. The number of hydrogen-bond donors (Lipinski definition) is 2. The first-order valence-corrected chi connectivity index (χ1v) is 9.88. The standard InChI is InChI=1S/C23H24N2O5/c1-14(7-8-15-10-12-25-18(24)13-15)9-11-22-19(26)16-5-3-4-6-17(16)20(27)23(22,30-22)21(28)29-2/h3-6,9-10,13,25H,7-8,11-12,24H2,1-2H3. The molecular weight excluding hydrogens is 384 g/mol. The van der Waals surface area contributed by atoms with E-state index in [4.69, 9.17) is 15.2 Å². The summed E-state index contributed by atoms with van der Waals surface area (Å²) < 4.78 is 10.6. The number of benzene rings is 1. The van der Waals surface area contributed by atoms with Crippen molar-refractivity contribution in [2.75, 3.05) is 13.7 Å². The first-order chi connectivity index (χ1) is 14.4. The molecule has 0 aromatic heterocycles. The van der Waals surface area contributed by atoms with Crippen LogP contribution in [-0.4, -0.2) is 42.4 Å². The van der Waals surface area contributed by atoms with Crippen LogP contribution >= 0.6 is 0 Å². The summed E-state index contributed by atoms with van der Waals surface area (Å²) in [6.07, 6.45) is 7.55. The Balaban J connectivity index is 1.57. The second kappa shape index (κ2) is 7.25. The molecule has 0 saturated carbocycles. The lowest BCUT2D eigenvalue weighted by Gasteiger charge is -2.22. The van der Waals surface area contributed by atoms with E-state index in [0.717, 1.165) is 24.0 Å². The van der Waals surface area contributed by atoms with Crippen LogP contribution in [-0.2, 0) is 14.3 Å². The number of ketones is 2. The van der Waals surface area contributed by atoms with Crippen molar-refractivity contribution < 1.29 is 23.9 Å². The van der Waals surface area contributed by atoms with Gasteiger partial charge in [0.2, 0.25) is 5.78 Å². The summed E-state index contributed by atoms with van der Waals surface area (Å²) >= 11 is 0. The first kappa shape index (κ1) is 20.1. The number of rotatable bonds is 6. The van der Waals surface area contributed by atoms with E-state index in [1.54, 1.807) is 24.3 Å². The fourth-order valence-electron chi connectivity index (χ4n) is 4.22. The highest BCUT2D eigenvalue weighted by Gasteiger charge is 2.85. The van der Waals surface area contributed by atoms with Gasteiger partial charge in [0.15, 0.2) is 11.4 Å². The van der Waals surface area contributed by atoms with Crippen molar-refractivity contribution in [2.24, 2.45) is 5.73 Å². The number of ether oxygens (including phenoxy) is 2. The van der Waals surface area contributed by atoms with Gasteiger partial charge in [0.05, 0.1) is 12.9 Å². The predicted molar refractivity (Wildman–Crippen MR) is 110 cm³/mol. The maximum atomic E-state index is 13.3. The van der Waals surface area contributed by atoms with E-state index in [1.807, 2.05) is 19.1 Å². The van der Waals surface area contributed by atoms with Gasteiger partial charge < -0.3 is 20.5 Å². The van der Waals surface area contributed by atoms with Gasteiger partial charge in [-0.25, -0.2) is 4.79 Å². The molecule has 1 aromatic carbocycles. The number of hydrogen-bond acceptors (Lipinski definition) is 7. The molecular formula is C23H24N2O5. The van der Waals surface area contributed by atoms with Crippen molar-refractivity contribution >= 4 is 17.5 Å². The molecule has 1 saturated heterocycles. The SMILES string of the molecule is COC(=O)C12OC1(CC=C(C)CCC1=CCNC(N)=C1)C(=O)c1ccccc1C2=O. The lowest BCUT2D eigenvalue weighted by molar-refractivity contribution is -0.145. The average molecular weight is 408 g/mol. The minimum atomic E-state index is -1.89. The molecule has 0 amide bonds. The van der Waals surface area contributed by atoms with Crippen LogP contribution in [0.15, 0.2) is 59.5 Å². The lowest BCUT2D eigenvalue weighted by atomic mass is 9.72. The van der Waals surface area contributed by atoms with Gasteiger partial charge >= 0.3 is 5.97 Å². The van der Waals surface area contributed by atoms with Crippen LogP contribution in [0.4, 0.5) is 0 Å². The Bertz CT molecular complexity index is 1040. The number of nitrogens with one attached hydrogen (secondary N) is 1. The molecule has 2 atom stereocenters. The average Bonchev–Trinajstić information content (AvgIpc) is 3.46. The van der Waals surface area contributed by atoms with Gasteiger partial charge in [0.25, 0.3) is 5.60 Å². The van der Waals surface area contributed by atoms with E-state index in [0.29, 0.717) is 12.4 Å². The van der Waals surface area contributed by atoms with Crippen LogP contribution in [0.5, 0.6) is 0 Å². The minimum absolute atomic E-state index is 0.130. The van der Waals surface area contributed by atoms with Crippen molar-refractivity contribution in [3.63, 3.8) is 0 Å². The molecule has 2 heterocycles. The number of carbonyl (C=O) groups excluding carboxylic acids is 3. The number of Topliss-reactive ketones (excluding diaryl/α,β-unsaturated/α-hetero) is 2. The Morgan fingerprint density at radius 2 is 1.97 bits per heavy atom. The van der Waals surface area contributed by atoms with Crippen LogP contribution in [0.2, 0.25) is 0 Å². The summed E-state index contributed by atoms with van der Waals surface area (Å²) in [4.78, 5) is 38.9. The molecule has 2 aliphatic heterocycles. The van der Waals surface area contributed by atoms with Crippen molar-refractivity contribution in [2.45, 2.75) is 37.4 Å². The number of fused-ring (bicyclic) bond motifs is 2. The van der Waals surface area contributed by atoms with Gasteiger partial charge in [-0.05, 0) is 31.4 Å². The zero-order valence-electron chi connectivity index (χ0n) is 17.0. The van der Waals surface area contributed by atoms with Gasteiger partial charge in [-0.2, -0.15) is 0 Å². The maximum Gasteiger partial charge on any atom is 0.350 e. The number of methoxy groups -OCH3 is 1. The summed E-state index contributed by atoms with van der Waals surface area (Å²) in [6, 6.07) is 6.49. The van der Waals surface area contributed by atoms with Crippen molar-refractivity contribution in [1.29, 1.82) is 0 Å². The van der Waals surface area contributed by atoms with Gasteiger partial charge in [-0.1, -0.05) is 42.0 Å². The van der Waals surface area contributed by atoms with E-state index in [9.17, 15) is 14.4 Å². The third-order valence-corrected chi connectivity index (χ3v) is 5.99. The summed E-state index contributed by atoms with van der Waals surface area (Å²) in [7, 11) is 1.19. The molecule has 4 rings (SSSR count). The molecule has 1 aliphatic carbocycles. The zero-order chi connectivity index (χ0) is 21.5. The first-order valence-electron chi connectivity index (χ1n) is 9.88. The Hall–Kier alpha value is -3.19. The molecule has 7 heteroatoms. The third kappa shape index (κ3) is 2.89. The van der Waals surface area contributed by atoms with Gasteiger partial charge in [0.1, 0.15) is 0 Å². The summed E-state index contributed by atoms with van der Waals surface area (Å²) in [6.45, 7) is 2.66. The van der Waals surface area contributed by atoms with Gasteiger partial charge in [0, 0.05) is 24.1 Å². The lowest BCUT2D eigenvalue weighted by Crippen LogP contribution is -2.50. The molecule has 0 bridgehead atoms. The van der Waals surface area contributed by atoms with Crippen LogP contribution < -0.4 is 11.1 Å². The molecule has 3 N–H and O–H groups in total. The van der Waals surface area contributed by atoms with E-state index in [2.05, 4.69) is 11.4 Å². The number of carbonyl (C=O) groups is 3. The number of nitrogens with two attached hydrogens (primary N) is 1. The second-order valence-electron chi connectivity index (χ2n) is 7.82. The second-order valence-corrected chi connectivity index (χ2v) is 7.82. The smallest absolute Gasteiger partial charge is 0.350 e. The van der Waals surface area contributed by atoms with Crippen LogP contribution in [0.25, 0.3) is 0 Å². The Kier molecular flexibility index (Phi) is 4.86. The van der Waals surface area contributed by atoms with E-state index in [1.165, 1.54) is 7.11 Å². The summed E-state index contributed by atoms with van der Waals surface area (Å²) in [5.41, 5.74) is 5.03. The van der Waals surface area contributed by atoms with Crippen LogP contribution in [0, 0.1) is 0 Å². The number of esters is 1. The topological polar surface area (TPSA) is 111 Å². The molecule has 30 heavy (non-hydrogen) atoms. The number of allylic oxidation sites excluding steroid dienone is 3. The molecule has 3 aliphatic rings. The van der Waals surface area contributed by atoms with E-state index in [-0.39, 0.29) is 23.3 Å². The normalized spacial score (nSPS) is 27.3. The van der Waals surface area contributed by atoms with Crippen molar-refractivity contribution in [3.05, 3.63) is 70.6 Å². The molecule has 1 fully saturated rings. The fraction of sp³-hybridized carbons (Fsp3) is 0.348. The Morgan fingerprint density at radius 1 is 1.27 bits per heavy atom. The van der Waals surface area contributed by atoms with E-state index < -0.39 is 23.0 Å². The molecule has 2 unspecified atom stereocenters. The fourth-order valence-corrected chi connectivity index (χ4v) is 4.22. The monoisotopic (exact) mass is 408 g/mol. The van der Waals surface area contributed by atoms with Crippen molar-refractivity contribution in [3.8, 4) is 0 Å². The predicted octanol–water partition coefficient (Wildman–Crippen LogP) is 2.19. The summed E-state index contributed by atoms with van der Waals surface area (Å²) in [5, 5.41) is 3.03. The van der Waals surface area contributed by atoms with Crippen LogP contribution in [0.1, 0.15) is 46.9 Å². The van der Waals surface area contributed by atoms with Gasteiger partial charge in [-0.15, -0.1) is 0 Å². The number of epoxide rings is 1. The maximum absolute atomic E-state index is 13.3. The summed E-state index contributed by atoms with van der Waals surface area (Å²) in [5.74, 6) is -1.06. The molecule has 0 spiro atoms. The third-order valence-electron chi connectivity index (χ3n) is 5.99. The highest BCUT2D eigenvalue weighted by molar-refractivity contribution is 6.32. The zero-order valence-corrected chi connectivity index (χ0v) is 17.0. The molecule has 7 nitrogen and oxygen atoms in total. The van der Waals surface area contributed by atoms with E-state index >= 15 is 0 Å².